The molecule has 0 radical (unpaired) electrons. The van der Waals surface area contributed by atoms with Crippen LogP contribution < -0.4 is 0 Å². The fraction of sp³-hybridized carbons (Fsp3) is 0.0714. The fourth-order valence-corrected chi connectivity index (χ4v) is 4.61. The van der Waals surface area contributed by atoms with Gasteiger partial charge in [0.05, 0.1) is 12.0 Å². The average Bonchev–Trinajstić information content (AvgIpc) is 3.45. The Labute approximate surface area is 185 Å². The third-order valence-corrected chi connectivity index (χ3v) is 6.10. The molecule has 0 fully saturated rings. The van der Waals surface area contributed by atoms with E-state index in [-0.39, 0.29) is 5.91 Å². The predicted molar refractivity (Wildman–Crippen MR) is 126 cm³/mol. The van der Waals surface area contributed by atoms with Crippen LogP contribution in [0, 0.1) is 0 Å². The molecule has 4 nitrogen and oxygen atoms in total. The molecule has 0 amide bonds. The predicted octanol–water partition coefficient (Wildman–Crippen LogP) is 6.63. The van der Waals surface area contributed by atoms with Crippen LogP contribution in [-0.2, 0) is 6.42 Å². The van der Waals surface area contributed by atoms with Crippen molar-refractivity contribution in [1.82, 2.24) is 9.78 Å². The van der Waals surface area contributed by atoms with Gasteiger partial charge in [-0.3, -0.25) is 4.79 Å². The number of carbonyl (C=O) groups is 1. The van der Waals surface area contributed by atoms with Gasteiger partial charge in [-0.05, 0) is 36.2 Å². The van der Waals surface area contributed by atoms with Gasteiger partial charge in [0.2, 0.25) is 0 Å². The molecule has 0 aliphatic carbocycles. The Morgan fingerprint density at radius 3 is 2.31 bits per heavy atom. The van der Waals surface area contributed by atoms with Crippen LogP contribution in [0.2, 0.25) is 0 Å². The Kier molecular flexibility index (Phi) is 4.18. The van der Waals surface area contributed by atoms with E-state index in [1.54, 1.807) is 10.9 Å². The molecule has 1 aliphatic heterocycles. The minimum Gasteiger partial charge on any atom is -0.464 e. The van der Waals surface area contributed by atoms with Crippen LogP contribution in [0.5, 0.6) is 0 Å². The van der Waals surface area contributed by atoms with Gasteiger partial charge in [0.1, 0.15) is 11.3 Å². The van der Waals surface area contributed by atoms with Crippen LogP contribution in [0.15, 0.2) is 101 Å². The minimum atomic E-state index is -0.0917. The molecule has 154 valence electrons. The van der Waals surface area contributed by atoms with Crippen LogP contribution in [0.3, 0.4) is 0 Å². The summed E-state index contributed by atoms with van der Waals surface area (Å²) in [5.74, 6) is -0.0917. The van der Waals surface area contributed by atoms with E-state index in [0.717, 1.165) is 50.2 Å². The van der Waals surface area contributed by atoms with Gasteiger partial charge in [0.25, 0.3) is 5.91 Å². The highest BCUT2D eigenvalue weighted by Gasteiger charge is 2.31. The van der Waals surface area contributed by atoms with E-state index >= 15 is 0 Å². The van der Waals surface area contributed by atoms with E-state index < -0.39 is 0 Å². The van der Waals surface area contributed by atoms with Gasteiger partial charge in [0.15, 0.2) is 0 Å². The number of rotatable bonds is 3. The van der Waals surface area contributed by atoms with Gasteiger partial charge in [-0.1, -0.05) is 72.3 Å². The lowest BCUT2D eigenvalue weighted by Crippen LogP contribution is -2.23. The molecule has 5 aromatic rings. The third-order valence-electron chi connectivity index (χ3n) is 6.10. The van der Waals surface area contributed by atoms with Crippen LogP contribution in [0.4, 0.5) is 0 Å². The van der Waals surface area contributed by atoms with E-state index in [2.05, 4.69) is 12.1 Å². The van der Waals surface area contributed by atoms with E-state index in [4.69, 9.17) is 9.52 Å². The van der Waals surface area contributed by atoms with Gasteiger partial charge in [-0.25, -0.2) is 0 Å². The number of benzene rings is 3. The molecule has 0 saturated heterocycles. The van der Waals surface area contributed by atoms with E-state index in [0.29, 0.717) is 12.0 Å². The van der Waals surface area contributed by atoms with E-state index in [1.807, 2.05) is 79.7 Å². The molecule has 3 aromatic carbocycles. The highest BCUT2D eigenvalue weighted by Crippen LogP contribution is 2.39. The number of nitrogens with zero attached hydrogens (tertiary/aromatic N) is 2. The summed E-state index contributed by atoms with van der Waals surface area (Å²) in [7, 11) is 0. The summed E-state index contributed by atoms with van der Waals surface area (Å²) in [6.45, 7) is 2.04. The summed E-state index contributed by atoms with van der Waals surface area (Å²) < 4.78 is 7.07. The summed E-state index contributed by atoms with van der Waals surface area (Å²) in [5, 5.41) is 5.84. The van der Waals surface area contributed by atoms with Crippen LogP contribution in [0.25, 0.3) is 38.9 Å². The maximum Gasteiger partial charge on any atom is 0.279 e. The summed E-state index contributed by atoms with van der Waals surface area (Å²) in [6.07, 6.45) is 2.33. The molecule has 4 heteroatoms. The third kappa shape index (κ3) is 2.84. The lowest BCUT2D eigenvalue weighted by Gasteiger charge is -2.20. The van der Waals surface area contributed by atoms with Crippen molar-refractivity contribution in [3.05, 3.63) is 108 Å². The summed E-state index contributed by atoms with van der Waals surface area (Å²) in [5.41, 5.74) is 8.32. The number of allylic oxidation sites excluding steroid dienone is 2. The zero-order valence-corrected chi connectivity index (χ0v) is 17.6. The Balaban J connectivity index is 1.55. The van der Waals surface area contributed by atoms with Crippen molar-refractivity contribution in [2.75, 3.05) is 0 Å². The maximum absolute atomic E-state index is 13.7. The van der Waals surface area contributed by atoms with Gasteiger partial charge in [-0.15, -0.1) is 0 Å². The lowest BCUT2D eigenvalue weighted by molar-refractivity contribution is 0.0958. The SMILES string of the molecule is CC1=C(c2ccc3occc3c2)C(=O)n2nc(-c3ccccc3)c(-c3ccccc3)c2C1. The number of hydrogen-bond donors (Lipinski definition) is 0. The zero-order valence-electron chi connectivity index (χ0n) is 17.6. The van der Waals surface area contributed by atoms with E-state index in [1.165, 1.54) is 0 Å². The first-order valence-electron chi connectivity index (χ1n) is 10.7. The summed E-state index contributed by atoms with van der Waals surface area (Å²) >= 11 is 0. The second-order valence-corrected chi connectivity index (χ2v) is 8.12. The van der Waals surface area contributed by atoms with Crippen LogP contribution in [0.1, 0.15) is 23.0 Å². The summed E-state index contributed by atoms with van der Waals surface area (Å²) in [4.78, 5) is 13.7. The largest absolute Gasteiger partial charge is 0.464 e. The molecule has 0 saturated carbocycles. The second kappa shape index (κ2) is 7.20. The van der Waals surface area contributed by atoms with Gasteiger partial charge in [0, 0.05) is 28.5 Å². The second-order valence-electron chi connectivity index (χ2n) is 8.12. The highest BCUT2D eigenvalue weighted by atomic mass is 16.3. The first-order valence-corrected chi connectivity index (χ1v) is 10.7. The highest BCUT2D eigenvalue weighted by molar-refractivity contribution is 6.23. The standard InChI is InChI=1S/C28H20N2O2/c1-18-16-23-26(19-8-4-2-5-9-19)27(20-10-6-3-7-11-20)29-30(23)28(31)25(18)22-12-13-24-21(17-22)14-15-32-24/h2-15,17H,16H2,1H3. The molecule has 0 N–H and O–H groups in total. The Hall–Kier alpha value is -4.18. The van der Waals surface area contributed by atoms with Crippen LogP contribution in [-0.4, -0.2) is 15.7 Å². The molecule has 3 heterocycles. The van der Waals surface area contributed by atoms with Gasteiger partial charge >= 0.3 is 0 Å². The molecular formula is C28H20N2O2. The molecule has 0 unspecified atom stereocenters. The molecule has 0 atom stereocenters. The molecule has 0 spiro atoms. The number of hydrogen-bond acceptors (Lipinski definition) is 3. The molecule has 2 aromatic heterocycles. The fourth-order valence-electron chi connectivity index (χ4n) is 4.61. The molecule has 0 bridgehead atoms. The average molecular weight is 416 g/mol. The van der Waals surface area contributed by atoms with Crippen molar-refractivity contribution in [3.8, 4) is 22.4 Å². The smallest absolute Gasteiger partial charge is 0.279 e. The minimum absolute atomic E-state index is 0.0917. The van der Waals surface area contributed by atoms with E-state index in [9.17, 15) is 4.79 Å². The topological polar surface area (TPSA) is 48.0 Å². The Morgan fingerprint density at radius 1 is 0.844 bits per heavy atom. The number of aromatic nitrogens is 2. The van der Waals surface area contributed by atoms with Gasteiger partial charge in [-0.2, -0.15) is 9.78 Å². The lowest BCUT2D eigenvalue weighted by atomic mass is 9.90. The van der Waals surface area contributed by atoms with Crippen LogP contribution >= 0.6 is 0 Å². The van der Waals surface area contributed by atoms with Crippen molar-refractivity contribution in [3.63, 3.8) is 0 Å². The van der Waals surface area contributed by atoms with Crippen molar-refractivity contribution < 1.29 is 9.21 Å². The molecule has 32 heavy (non-hydrogen) atoms. The molecular weight excluding hydrogens is 396 g/mol. The quantitative estimate of drug-likeness (QED) is 0.331. The maximum atomic E-state index is 13.7. The van der Waals surface area contributed by atoms with Crippen molar-refractivity contribution in [2.45, 2.75) is 13.3 Å². The monoisotopic (exact) mass is 416 g/mol. The zero-order chi connectivity index (χ0) is 21.7. The van der Waals surface area contributed by atoms with Crippen molar-refractivity contribution in [2.24, 2.45) is 0 Å². The Bertz CT molecular complexity index is 1510. The first kappa shape index (κ1) is 18.6. The Morgan fingerprint density at radius 2 is 1.56 bits per heavy atom. The first-order chi connectivity index (χ1) is 15.7. The van der Waals surface area contributed by atoms with Crippen molar-refractivity contribution >= 4 is 22.4 Å². The summed E-state index contributed by atoms with van der Waals surface area (Å²) in [6, 6.07) is 28.1. The molecule has 1 aliphatic rings. The molecule has 6 rings (SSSR count). The van der Waals surface area contributed by atoms with Gasteiger partial charge < -0.3 is 4.42 Å². The number of carbonyl (C=O) groups excluding carboxylic acids is 1. The van der Waals surface area contributed by atoms with Crippen molar-refractivity contribution in [1.29, 1.82) is 0 Å². The number of fused-ring (bicyclic) bond motifs is 2. The number of furan rings is 1. The normalized spacial score (nSPS) is 13.6.